The Morgan fingerprint density at radius 2 is 2.12 bits per heavy atom. The Labute approximate surface area is 105 Å². The van der Waals surface area contributed by atoms with Crippen LogP contribution in [0.4, 0.5) is 4.39 Å². The lowest BCUT2D eigenvalue weighted by Gasteiger charge is -2.01. The molecule has 2 aromatic rings. The summed E-state index contributed by atoms with van der Waals surface area (Å²) in [4.78, 5) is 12.7. The number of thiophene rings is 1. The zero-order valence-electron chi connectivity index (χ0n) is 8.46. The van der Waals surface area contributed by atoms with Gasteiger partial charge in [-0.05, 0) is 58.1 Å². The number of hydrogen-bond acceptors (Lipinski definition) is 2. The largest absolute Gasteiger partial charge is 0.288 e. The first-order valence-corrected chi connectivity index (χ1v) is 6.30. The summed E-state index contributed by atoms with van der Waals surface area (Å²) >= 11 is 4.44. The van der Waals surface area contributed by atoms with Gasteiger partial charge in [0.1, 0.15) is 5.82 Å². The molecule has 4 heteroatoms. The fourth-order valence-electron chi connectivity index (χ4n) is 1.37. The highest BCUT2D eigenvalue weighted by atomic mass is 79.9. The van der Waals surface area contributed by atoms with Gasteiger partial charge in [0, 0.05) is 5.56 Å². The highest BCUT2D eigenvalue weighted by Gasteiger charge is 2.14. The predicted molar refractivity (Wildman–Crippen MR) is 66.6 cm³/mol. The Morgan fingerprint density at radius 1 is 1.38 bits per heavy atom. The van der Waals surface area contributed by atoms with Crippen LogP contribution in [0.25, 0.3) is 0 Å². The fraction of sp³-hybridized carbons (Fsp3) is 0.0833. The molecule has 0 unspecified atom stereocenters. The lowest BCUT2D eigenvalue weighted by atomic mass is 10.1. The molecule has 1 aromatic carbocycles. The van der Waals surface area contributed by atoms with Crippen LogP contribution in [0.1, 0.15) is 20.8 Å². The van der Waals surface area contributed by atoms with Gasteiger partial charge in [0.15, 0.2) is 0 Å². The van der Waals surface area contributed by atoms with Crippen LogP contribution in [0, 0.1) is 12.7 Å². The minimum atomic E-state index is -0.417. The Bertz CT molecular complexity index is 548. The summed E-state index contributed by atoms with van der Waals surface area (Å²) in [5.41, 5.74) is 1.31. The Balaban J connectivity index is 2.42. The van der Waals surface area contributed by atoms with E-state index in [0.29, 0.717) is 14.9 Å². The molecule has 2 rings (SSSR count). The Morgan fingerprint density at radius 3 is 2.69 bits per heavy atom. The maximum Gasteiger partial charge on any atom is 0.203 e. The van der Waals surface area contributed by atoms with E-state index in [1.54, 1.807) is 12.1 Å². The SMILES string of the molecule is Cc1ccsc1C(=O)c1ccc(Br)c(F)c1. The van der Waals surface area contributed by atoms with Crippen molar-refractivity contribution in [3.05, 3.63) is 55.9 Å². The summed E-state index contributed by atoms with van der Waals surface area (Å²) in [7, 11) is 0. The summed E-state index contributed by atoms with van der Waals surface area (Å²) in [6.45, 7) is 1.87. The van der Waals surface area contributed by atoms with Gasteiger partial charge in [-0.2, -0.15) is 0 Å². The normalized spacial score (nSPS) is 10.4. The smallest absolute Gasteiger partial charge is 0.203 e. The third-order valence-electron chi connectivity index (χ3n) is 2.25. The predicted octanol–water partition coefficient (Wildman–Crippen LogP) is 4.19. The van der Waals surface area contributed by atoms with Crippen LogP contribution >= 0.6 is 27.3 Å². The molecule has 0 amide bonds. The fourth-order valence-corrected chi connectivity index (χ4v) is 2.51. The lowest BCUT2D eigenvalue weighted by Crippen LogP contribution is -2.01. The zero-order chi connectivity index (χ0) is 11.7. The van der Waals surface area contributed by atoms with Crippen molar-refractivity contribution in [2.45, 2.75) is 6.92 Å². The molecule has 0 fully saturated rings. The van der Waals surface area contributed by atoms with Crippen LogP contribution in [0.15, 0.2) is 34.1 Å². The van der Waals surface area contributed by atoms with Gasteiger partial charge in [-0.3, -0.25) is 4.79 Å². The molecule has 0 aliphatic rings. The second-order valence-electron chi connectivity index (χ2n) is 3.39. The van der Waals surface area contributed by atoms with Gasteiger partial charge in [0.25, 0.3) is 0 Å². The number of halogens is 2. The molecule has 16 heavy (non-hydrogen) atoms. The highest BCUT2D eigenvalue weighted by Crippen LogP contribution is 2.22. The first-order chi connectivity index (χ1) is 7.59. The first kappa shape index (κ1) is 11.5. The Hall–Kier alpha value is -1.000. The van der Waals surface area contributed by atoms with E-state index < -0.39 is 5.82 Å². The van der Waals surface area contributed by atoms with Crippen molar-refractivity contribution in [3.8, 4) is 0 Å². The van der Waals surface area contributed by atoms with Crippen molar-refractivity contribution < 1.29 is 9.18 Å². The summed E-state index contributed by atoms with van der Waals surface area (Å²) in [6, 6.07) is 6.30. The summed E-state index contributed by atoms with van der Waals surface area (Å²) in [5, 5.41) is 1.86. The van der Waals surface area contributed by atoms with E-state index >= 15 is 0 Å². The van der Waals surface area contributed by atoms with Gasteiger partial charge in [0.2, 0.25) is 5.78 Å². The molecule has 0 saturated carbocycles. The molecule has 0 spiro atoms. The van der Waals surface area contributed by atoms with Crippen LogP contribution in [-0.2, 0) is 0 Å². The van der Waals surface area contributed by atoms with Gasteiger partial charge in [0.05, 0.1) is 9.35 Å². The number of ketones is 1. The van der Waals surface area contributed by atoms with Crippen LogP contribution in [0.5, 0.6) is 0 Å². The average molecular weight is 299 g/mol. The molecule has 0 atom stereocenters. The minimum Gasteiger partial charge on any atom is -0.288 e. The molecule has 0 aliphatic carbocycles. The van der Waals surface area contributed by atoms with E-state index in [0.717, 1.165) is 5.56 Å². The molecular formula is C12H8BrFOS. The van der Waals surface area contributed by atoms with Gasteiger partial charge in [-0.1, -0.05) is 0 Å². The number of rotatable bonds is 2. The van der Waals surface area contributed by atoms with Gasteiger partial charge >= 0.3 is 0 Å². The number of aryl methyl sites for hydroxylation is 1. The second-order valence-corrected chi connectivity index (χ2v) is 5.16. The molecule has 0 bridgehead atoms. The maximum absolute atomic E-state index is 13.3. The molecule has 0 N–H and O–H groups in total. The number of carbonyl (C=O) groups excluding carboxylic acids is 1. The van der Waals surface area contributed by atoms with Crippen molar-refractivity contribution in [3.63, 3.8) is 0 Å². The van der Waals surface area contributed by atoms with E-state index in [1.165, 1.54) is 17.4 Å². The lowest BCUT2D eigenvalue weighted by molar-refractivity contribution is 0.104. The quantitative estimate of drug-likeness (QED) is 0.760. The third-order valence-corrected chi connectivity index (χ3v) is 3.91. The molecule has 1 nitrogen and oxygen atoms in total. The standard InChI is InChI=1S/C12H8BrFOS/c1-7-4-5-16-12(7)11(15)8-2-3-9(13)10(14)6-8/h2-6H,1H3. The van der Waals surface area contributed by atoms with E-state index in [9.17, 15) is 9.18 Å². The van der Waals surface area contributed by atoms with Gasteiger partial charge in [-0.25, -0.2) is 4.39 Å². The minimum absolute atomic E-state index is 0.126. The Kier molecular flexibility index (Phi) is 3.21. The van der Waals surface area contributed by atoms with Crippen LogP contribution in [0.2, 0.25) is 0 Å². The van der Waals surface area contributed by atoms with Crippen molar-refractivity contribution >= 4 is 33.0 Å². The average Bonchev–Trinajstić information content (AvgIpc) is 2.67. The van der Waals surface area contributed by atoms with E-state index in [1.807, 2.05) is 18.4 Å². The molecule has 0 aliphatic heterocycles. The van der Waals surface area contributed by atoms with E-state index in [2.05, 4.69) is 15.9 Å². The van der Waals surface area contributed by atoms with Crippen molar-refractivity contribution in [1.29, 1.82) is 0 Å². The number of carbonyl (C=O) groups is 1. The first-order valence-electron chi connectivity index (χ1n) is 4.63. The zero-order valence-corrected chi connectivity index (χ0v) is 10.9. The van der Waals surface area contributed by atoms with Crippen molar-refractivity contribution in [2.75, 3.05) is 0 Å². The monoisotopic (exact) mass is 298 g/mol. The molecule has 1 heterocycles. The second kappa shape index (κ2) is 4.47. The summed E-state index contributed by atoms with van der Waals surface area (Å²) in [6.07, 6.45) is 0. The summed E-state index contributed by atoms with van der Waals surface area (Å²) < 4.78 is 13.7. The summed E-state index contributed by atoms with van der Waals surface area (Å²) in [5.74, 6) is -0.543. The van der Waals surface area contributed by atoms with Gasteiger partial charge in [-0.15, -0.1) is 11.3 Å². The van der Waals surface area contributed by atoms with Crippen LogP contribution < -0.4 is 0 Å². The van der Waals surface area contributed by atoms with E-state index in [4.69, 9.17) is 0 Å². The topological polar surface area (TPSA) is 17.1 Å². The molecule has 82 valence electrons. The van der Waals surface area contributed by atoms with Crippen molar-refractivity contribution in [1.82, 2.24) is 0 Å². The maximum atomic E-state index is 13.3. The number of hydrogen-bond donors (Lipinski definition) is 0. The van der Waals surface area contributed by atoms with Gasteiger partial charge < -0.3 is 0 Å². The van der Waals surface area contributed by atoms with Crippen LogP contribution in [0.3, 0.4) is 0 Å². The van der Waals surface area contributed by atoms with E-state index in [-0.39, 0.29) is 5.78 Å². The number of benzene rings is 1. The highest BCUT2D eigenvalue weighted by molar-refractivity contribution is 9.10. The molecule has 0 saturated heterocycles. The molecular weight excluding hydrogens is 291 g/mol. The van der Waals surface area contributed by atoms with Crippen LogP contribution in [-0.4, -0.2) is 5.78 Å². The molecule has 0 radical (unpaired) electrons. The third kappa shape index (κ3) is 2.08. The molecule has 1 aromatic heterocycles. The van der Waals surface area contributed by atoms with Crippen molar-refractivity contribution in [2.24, 2.45) is 0 Å².